The molecule has 3 heteroatoms. The standard InChI is InChI=1S/C16H29ClN2/c1-5-7-9-10-12-16(3,11-8-6-2)14-13-19(4)18-15(14)17/h13H,5-12H2,1-4H3. The fourth-order valence-electron chi connectivity index (χ4n) is 2.77. The molecule has 0 fully saturated rings. The SMILES string of the molecule is CCCCCCC(C)(CCCC)c1cn(C)nc1Cl. The lowest BCUT2D eigenvalue weighted by molar-refractivity contribution is 0.369. The van der Waals surface area contributed by atoms with Crippen LogP contribution in [0.5, 0.6) is 0 Å². The van der Waals surface area contributed by atoms with Gasteiger partial charge in [0.05, 0.1) is 0 Å². The molecule has 0 saturated heterocycles. The van der Waals surface area contributed by atoms with Gasteiger partial charge in [-0.15, -0.1) is 0 Å². The number of aryl methyl sites for hydroxylation is 1. The fourth-order valence-corrected chi connectivity index (χ4v) is 3.17. The molecule has 1 unspecified atom stereocenters. The maximum Gasteiger partial charge on any atom is 0.154 e. The molecule has 0 spiro atoms. The molecule has 110 valence electrons. The Morgan fingerprint density at radius 2 is 1.74 bits per heavy atom. The van der Waals surface area contributed by atoms with Gasteiger partial charge in [-0.25, -0.2) is 0 Å². The van der Waals surface area contributed by atoms with Crippen molar-refractivity contribution in [1.29, 1.82) is 0 Å². The first-order valence-corrected chi connectivity index (χ1v) is 8.11. The third kappa shape index (κ3) is 4.83. The Balaban J connectivity index is 2.76. The van der Waals surface area contributed by atoms with Crippen molar-refractivity contribution in [1.82, 2.24) is 9.78 Å². The van der Waals surface area contributed by atoms with Gasteiger partial charge in [0.1, 0.15) is 0 Å². The van der Waals surface area contributed by atoms with E-state index >= 15 is 0 Å². The highest BCUT2D eigenvalue weighted by molar-refractivity contribution is 6.30. The smallest absolute Gasteiger partial charge is 0.154 e. The molecular formula is C16H29ClN2. The molecule has 1 atom stereocenters. The van der Waals surface area contributed by atoms with Gasteiger partial charge >= 0.3 is 0 Å². The van der Waals surface area contributed by atoms with E-state index in [0.29, 0.717) is 5.15 Å². The van der Waals surface area contributed by atoms with Gasteiger partial charge in [0.25, 0.3) is 0 Å². The van der Waals surface area contributed by atoms with Gasteiger partial charge in [-0.3, -0.25) is 4.68 Å². The number of halogens is 1. The third-order valence-corrected chi connectivity index (χ3v) is 4.38. The zero-order valence-corrected chi connectivity index (χ0v) is 13.8. The largest absolute Gasteiger partial charge is 0.274 e. The second-order valence-electron chi connectivity index (χ2n) is 5.98. The van der Waals surface area contributed by atoms with Crippen molar-refractivity contribution < 1.29 is 0 Å². The lowest BCUT2D eigenvalue weighted by atomic mass is 9.75. The van der Waals surface area contributed by atoms with E-state index in [4.69, 9.17) is 11.6 Å². The molecule has 1 rings (SSSR count). The Bertz CT molecular complexity index is 373. The summed E-state index contributed by atoms with van der Waals surface area (Å²) in [4.78, 5) is 0. The van der Waals surface area contributed by atoms with E-state index in [1.165, 1.54) is 56.9 Å². The normalized spacial score (nSPS) is 14.6. The van der Waals surface area contributed by atoms with E-state index in [2.05, 4.69) is 32.1 Å². The first kappa shape index (κ1) is 16.6. The number of hydrogen-bond acceptors (Lipinski definition) is 1. The van der Waals surface area contributed by atoms with Crippen molar-refractivity contribution in [3.63, 3.8) is 0 Å². The Kier molecular flexibility index (Phi) is 6.92. The topological polar surface area (TPSA) is 17.8 Å². The van der Waals surface area contributed by atoms with Crippen molar-refractivity contribution in [2.45, 2.75) is 77.6 Å². The van der Waals surface area contributed by atoms with Gasteiger partial charge in [-0.2, -0.15) is 5.10 Å². The van der Waals surface area contributed by atoms with Crippen molar-refractivity contribution in [3.8, 4) is 0 Å². The Labute approximate surface area is 123 Å². The van der Waals surface area contributed by atoms with E-state index in [9.17, 15) is 0 Å². The number of unbranched alkanes of at least 4 members (excludes halogenated alkanes) is 4. The van der Waals surface area contributed by atoms with E-state index in [1.807, 2.05) is 11.7 Å². The van der Waals surface area contributed by atoms with Gasteiger partial charge in [0.2, 0.25) is 0 Å². The molecule has 1 aromatic heterocycles. The Hall–Kier alpha value is -0.500. The second kappa shape index (κ2) is 7.94. The van der Waals surface area contributed by atoms with Crippen LogP contribution in [0.25, 0.3) is 0 Å². The van der Waals surface area contributed by atoms with Crippen LogP contribution in [0.2, 0.25) is 5.15 Å². The fraction of sp³-hybridized carbons (Fsp3) is 0.812. The Morgan fingerprint density at radius 1 is 1.11 bits per heavy atom. The minimum atomic E-state index is 0.190. The van der Waals surface area contributed by atoms with Gasteiger partial charge in [0.15, 0.2) is 5.15 Å². The van der Waals surface area contributed by atoms with Crippen LogP contribution in [0.3, 0.4) is 0 Å². The molecule has 0 bridgehead atoms. The molecule has 2 nitrogen and oxygen atoms in total. The van der Waals surface area contributed by atoms with Crippen LogP contribution in [0.1, 0.15) is 77.7 Å². The molecule has 1 aromatic rings. The quantitative estimate of drug-likeness (QED) is 0.548. The number of rotatable bonds is 9. The van der Waals surface area contributed by atoms with Crippen molar-refractivity contribution in [2.24, 2.45) is 7.05 Å². The zero-order chi connectivity index (χ0) is 14.3. The summed E-state index contributed by atoms with van der Waals surface area (Å²) in [6.07, 6.45) is 12.3. The summed E-state index contributed by atoms with van der Waals surface area (Å²) < 4.78 is 1.84. The predicted molar refractivity (Wildman–Crippen MR) is 83.9 cm³/mol. The molecule has 1 heterocycles. The number of hydrogen-bond donors (Lipinski definition) is 0. The molecular weight excluding hydrogens is 256 g/mol. The van der Waals surface area contributed by atoms with Crippen LogP contribution >= 0.6 is 11.6 Å². The maximum absolute atomic E-state index is 6.32. The van der Waals surface area contributed by atoms with E-state index < -0.39 is 0 Å². The van der Waals surface area contributed by atoms with E-state index in [1.54, 1.807) is 0 Å². The van der Waals surface area contributed by atoms with Gasteiger partial charge in [-0.1, -0.05) is 70.9 Å². The summed E-state index contributed by atoms with van der Waals surface area (Å²) >= 11 is 6.32. The lowest BCUT2D eigenvalue weighted by Gasteiger charge is -2.29. The predicted octanol–water partition coefficient (Wildman–Crippen LogP) is 5.49. The van der Waals surface area contributed by atoms with Crippen LogP contribution < -0.4 is 0 Å². The van der Waals surface area contributed by atoms with Crippen LogP contribution in [0.15, 0.2) is 6.20 Å². The maximum atomic E-state index is 6.32. The van der Waals surface area contributed by atoms with Crippen LogP contribution in [-0.2, 0) is 12.5 Å². The summed E-state index contributed by atoms with van der Waals surface area (Å²) in [7, 11) is 1.95. The highest BCUT2D eigenvalue weighted by atomic mass is 35.5. The van der Waals surface area contributed by atoms with Gasteiger partial charge in [-0.05, 0) is 18.3 Å². The molecule has 0 aliphatic rings. The second-order valence-corrected chi connectivity index (χ2v) is 6.34. The molecule has 0 aromatic carbocycles. The summed E-state index contributed by atoms with van der Waals surface area (Å²) in [5.41, 5.74) is 1.43. The number of aromatic nitrogens is 2. The molecule has 0 radical (unpaired) electrons. The monoisotopic (exact) mass is 284 g/mol. The first-order chi connectivity index (χ1) is 9.03. The molecule has 19 heavy (non-hydrogen) atoms. The summed E-state index contributed by atoms with van der Waals surface area (Å²) in [5.74, 6) is 0. The molecule has 0 aliphatic heterocycles. The summed E-state index contributed by atoms with van der Waals surface area (Å²) in [6.45, 7) is 6.87. The minimum absolute atomic E-state index is 0.190. The third-order valence-electron chi connectivity index (χ3n) is 4.10. The number of nitrogens with zero attached hydrogens (tertiary/aromatic N) is 2. The zero-order valence-electron chi connectivity index (χ0n) is 13.0. The van der Waals surface area contributed by atoms with Gasteiger partial charge in [0, 0.05) is 18.8 Å². The minimum Gasteiger partial charge on any atom is -0.274 e. The van der Waals surface area contributed by atoms with E-state index in [0.717, 1.165) is 0 Å². The van der Waals surface area contributed by atoms with Crippen LogP contribution in [0.4, 0.5) is 0 Å². The van der Waals surface area contributed by atoms with Crippen molar-refractivity contribution in [3.05, 3.63) is 16.9 Å². The molecule has 0 saturated carbocycles. The molecule has 0 aliphatic carbocycles. The van der Waals surface area contributed by atoms with E-state index in [-0.39, 0.29) is 5.41 Å². The first-order valence-electron chi connectivity index (χ1n) is 7.73. The van der Waals surface area contributed by atoms with Crippen LogP contribution in [0, 0.1) is 0 Å². The Morgan fingerprint density at radius 3 is 2.26 bits per heavy atom. The summed E-state index contributed by atoms with van der Waals surface area (Å²) in [6, 6.07) is 0. The van der Waals surface area contributed by atoms with Crippen LogP contribution in [-0.4, -0.2) is 9.78 Å². The molecule has 0 N–H and O–H groups in total. The van der Waals surface area contributed by atoms with Gasteiger partial charge < -0.3 is 0 Å². The highest BCUT2D eigenvalue weighted by Gasteiger charge is 2.29. The molecule has 0 amide bonds. The average molecular weight is 285 g/mol. The highest BCUT2D eigenvalue weighted by Crippen LogP contribution is 2.38. The van der Waals surface area contributed by atoms with Crippen molar-refractivity contribution in [2.75, 3.05) is 0 Å². The summed E-state index contributed by atoms with van der Waals surface area (Å²) in [5, 5.41) is 5.00. The lowest BCUT2D eigenvalue weighted by Crippen LogP contribution is -2.22. The average Bonchev–Trinajstić information content (AvgIpc) is 2.72. The van der Waals surface area contributed by atoms with Crippen molar-refractivity contribution >= 4 is 11.6 Å².